The molecule has 5 fully saturated rings. The van der Waals surface area contributed by atoms with Crippen molar-refractivity contribution in [2.24, 2.45) is 23.2 Å². The Balaban J connectivity index is 1.34. The van der Waals surface area contributed by atoms with Crippen molar-refractivity contribution in [3.63, 3.8) is 0 Å². The number of phenols is 1. The maximum Gasteiger partial charge on any atom is 0.270 e. The number of carbonyl (C=O) groups excluding carboxylic acids is 1. The molecule has 39 heavy (non-hydrogen) atoms. The Morgan fingerprint density at radius 1 is 1.10 bits per heavy atom. The molecule has 2 bridgehead atoms. The van der Waals surface area contributed by atoms with E-state index in [1.165, 1.54) is 30.5 Å². The van der Waals surface area contributed by atoms with E-state index in [0.717, 1.165) is 51.1 Å². The van der Waals surface area contributed by atoms with Gasteiger partial charge in [0.2, 0.25) is 0 Å². The van der Waals surface area contributed by atoms with Gasteiger partial charge in [0.15, 0.2) is 0 Å². The molecule has 2 aromatic rings. The van der Waals surface area contributed by atoms with Gasteiger partial charge >= 0.3 is 0 Å². The molecule has 1 aromatic carbocycles. The van der Waals surface area contributed by atoms with E-state index in [4.69, 9.17) is 0 Å². The zero-order valence-corrected chi connectivity index (χ0v) is 23.7. The Morgan fingerprint density at radius 2 is 1.92 bits per heavy atom. The standard InChI is InChI=1S/C33H43N3O3/c1-4-23-11-12-25(37)17-26(23)33-15-16-34(19-22-9-10-22)21(3)32(33)14-13-27-30(33)24(18-32)20-36(27)31(39)28-7-6-8-29(38)35(28)5-2/h6-8,11-12,17,21-22,24,27,30,37H,4-5,9-10,13-16,18-20H2,1-3H3/t21?,24-,27?,30?,32?,33?/m1/s1. The summed E-state index contributed by atoms with van der Waals surface area (Å²) in [4.78, 5) is 31.7. The van der Waals surface area contributed by atoms with E-state index in [2.05, 4.69) is 35.8 Å². The molecule has 2 saturated heterocycles. The van der Waals surface area contributed by atoms with Crippen LogP contribution in [0.2, 0.25) is 0 Å². The number of nitrogens with zero attached hydrogens (tertiary/aromatic N) is 3. The lowest BCUT2D eigenvalue weighted by atomic mass is 9.46. The first-order valence-electron chi connectivity index (χ1n) is 15.4. The number of aryl methyl sites for hydroxylation is 1. The number of likely N-dealkylation sites (tertiary alicyclic amines) is 2. The number of piperidine rings is 1. The molecule has 2 aliphatic heterocycles. The number of hydrogen-bond donors (Lipinski definition) is 1. The molecule has 3 saturated carbocycles. The fourth-order valence-electron chi connectivity index (χ4n) is 10.2. The molecule has 208 valence electrons. The second-order valence-corrected chi connectivity index (χ2v) is 13.2. The molecular formula is C33H43N3O3. The predicted molar refractivity (Wildman–Crippen MR) is 152 cm³/mol. The van der Waals surface area contributed by atoms with Crippen LogP contribution in [0.1, 0.15) is 80.9 Å². The summed E-state index contributed by atoms with van der Waals surface area (Å²) in [6, 6.07) is 11.9. The highest BCUT2D eigenvalue weighted by Crippen LogP contribution is 2.74. The molecule has 6 atom stereocenters. The number of aromatic nitrogens is 1. The van der Waals surface area contributed by atoms with E-state index < -0.39 is 0 Å². The van der Waals surface area contributed by atoms with Gasteiger partial charge in [-0.05, 0) is 118 Å². The molecule has 6 heteroatoms. The fraction of sp³-hybridized carbons (Fsp3) is 0.636. The van der Waals surface area contributed by atoms with Crippen molar-refractivity contribution in [1.29, 1.82) is 0 Å². The van der Waals surface area contributed by atoms with Crippen molar-refractivity contribution >= 4 is 5.91 Å². The van der Waals surface area contributed by atoms with Crippen molar-refractivity contribution in [3.8, 4) is 5.75 Å². The van der Waals surface area contributed by atoms with E-state index in [0.29, 0.717) is 35.9 Å². The monoisotopic (exact) mass is 529 g/mol. The van der Waals surface area contributed by atoms with Crippen LogP contribution in [0.3, 0.4) is 0 Å². The number of hydrogen-bond acceptors (Lipinski definition) is 4. The lowest BCUT2D eigenvalue weighted by Crippen LogP contribution is -2.66. The van der Waals surface area contributed by atoms with Crippen molar-refractivity contribution in [2.75, 3.05) is 19.6 Å². The van der Waals surface area contributed by atoms with Crippen LogP contribution >= 0.6 is 0 Å². The minimum absolute atomic E-state index is 0.0161. The highest BCUT2D eigenvalue weighted by atomic mass is 16.3. The molecule has 7 rings (SSSR count). The molecule has 0 radical (unpaired) electrons. The third-order valence-electron chi connectivity index (χ3n) is 11.9. The topological polar surface area (TPSA) is 65.8 Å². The quantitative estimate of drug-likeness (QED) is 0.583. The van der Waals surface area contributed by atoms with Crippen molar-refractivity contribution in [3.05, 3.63) is 63.6 Å². The zero-order chi connectivity index (χ0) is 27.1. The number of pyridine rings is 1. The van der Waals surface area contributed by atoms with Gasteiger partial charge in [-0.3, -0.25) is 14.5 Å². The van der Waals surface area contributed by atoms with Crippen LogP contribution < -0.4 is 5.56 Å². The van der Waals surface area contributed by atoms with Crippen LogP contribution in [0.4, 0.5) is 0 Å². The molecule has 3 heterocycles. The van der Waals surface area contributed by atoms with Gasteiger partial charge in [0.05, 0.1) is 0 Å². The van der Waals surface area contributed by atoms with Crippen molar-refractivity contribution in [1.82, 2.24) is 14.4 Å². The molecule has 5 aliphatic rings. The largest absolute Gasteiger partial charge is 0.508 e. The smallest absolute Gasteiger partial charge is 0.270 e. The molecule has 0 spiro atoms. The normalized spacial score (nSPS) is 35.3. The van der Waals surface area contributed by atoms with Gasteiger partial charge < -0.3 is 14.6 Å². The van der Waals surface area contributed by atoms with Crippen LogP contribution in [0.25, 0.3) is 0 Å². The number of amides is 1. The summed E-state index contributed by atoms with van der Waals surface area (Å²) in [6.07, 6.45) is 8.09. The molecule has 1 N–H and O–H groups in total. The lowest BCUT2D eigenvalue weighted by Gasteiger charge is -2.63. The van der Waals surface area contributed by atoms with E-state index in [1.54, 1.807) is 16.7 Å². The second-order valence-electron chi connectivity index (χ2n) is 13.2. The summed E-state index contributed by atoms with van der Waals surface area (Å²) in [5.74, 6) is 2.08. The Kier molecular flexibility index (Phi) is 5.83. The summed E-state index contributed by atoms with van der Waals surface area (Å²) in [7, 11) is 0. The Labute approximate surface area is 232 Å². The number of carbonyl (C=O) groups is 1. The summed E-state index contributed by atoms with van der Waals surface area (Å²) >= 11 is 0. The molecule has 1 aromatic heterocycles. The third kappa shape index (κ3) is 3.42. The van der Waals surface area contributed by atoms with Crippen LogP contribution in [0, 0.1) is 23.2 Å². The third-order valence-corrected chi connectivity index (χ3v) is 11.9. The first-order valence-corrected chi connectivity index (χ1v) is 15.4. The van der Waals surface area contributed by atoms with Gasteiger partial charge in [0.1, 0.15) is 11.4 Å². The SMILES string of the molecule is CCc1ccc(O)cc1C12CCN(CC3CC3)C(C)C13CCC1C2[C@@H](CN1C(=O)c1cccc(=O)n1CC)C3. The summed E-state index contributed by atoms with van der Waals surface area (Å²) < 4.78 is 1.63. The maximum atomic E-state index is 14.1. The average molecular weight is 530 g/mol. The first-order chi connectivity index (χ1) is 18.8. The summed E-state index contributed by atoms with van der Waals surface area (Å²) in [6.45, 7) is 10.3. The van der Waals surface area contributed by atoms with Crippen LogP contribution in [-0.2, 0) is 18.4 Å². The van der Waals surface area contributed by atoms with Gasteiger partial charge in [-0.1, -0.05) is 19.1 Å². The fourth-order valence-corrected chi connectivity index (χ4v) is 10.2. The van der Waals surface area contributed by atoms with Gasteiger partial charge in [-0.25, -0.2) is 0 Å². The van der Waals surface area contributed by atoms with E-state index in [1.807, 2.05) is 19.1 Å². The van der Waals surface area contributed by atoms with Crippen LogP contribution in [0.5, 0.6) is 5.75 Å². The van der Waals surface area contributed by atoms with E-state index in [9.17, 15) is 14.7 Å². The summed E-state index contributed by atoms with van der Waals surface area (Å²) in [5.41, 5.74) is 3.26. The maximum absolute atomic E-state index is 14.1. The molecule has 5 unspecified atom stereocenters. The molecule has 6 nitrogen and oxygen atoms in total. The lowest BCUT2D eigenvalue weighted by molar-refractivity contribution is -0.0871. The minimum atomic E-state index is -0.105. The molecular weight excluding hydrogens is 486 g/mol. The van der Waals surface area contributed by atoms with Gasteiger partial charge in [-0.2, -0.15) is 0 Å². The van der Waals surface area contributed by atoms with Crippen LogP contribution in [0.15, 0.2) is 41.2 Å². The average Bonchev–Trinajstić information content (AvgIpc) is 3.64. The van der Waals surface area contributed by atoms with Gasteiger partial charge in [-0.15, -0.1) is 0 Å². The molecule has 1 amide bonds. The van der Waals surface area contributed by atoms with Gasteiger partial charge in [0, 0.05) is 43.2 Å². The minimum Gasteiger partial charge on any atom is -0.508 e. The highest BCUT2D eigenvalue weighted by Gasteiger charge is 2.74. The van der Waals surface area contributed by atoms with Crippen molar-refractivity contribution < 1.29 is 9.90 Å². The number of rotatable bonds is 6. The van der Waals surface area contributed by atoms with Gasteiger partial charge in [0.25, 0.3) is 11.5 Å². The molecule has 3 aliphatic carbocycles. The Bertz CT molecular complexity index is 1360. The summed E-state index contributed by atoms with van der Waals surface area (Å²) in [5, 5.41) is 10.8. The van der Waals surface area contributed by atoms with Crippen LogP contribution in [-0.4, -0.2) is 57.1 Å². The number of aromatic hydroxyl groups is 1. The zero-order valence-electron chi connectivity index (χ0n) is 23.7. The van der Waals surface area contributed by atoms with E-state index in [-0.39, 0.29) is 28.3 Å². The Hall–Kier alpha value is -2.60. The Morgan fingerprint density at radius 3 is 2.67 bits per heavy atom. The van der Waals surface area contributed by atoms with Crippen molar-refractivity contribution in [2.45, 2.75) is 89.8 Å². The second kappa shape index (κ2) is 8.95. The first kappa shape index (κ1) is 25.4. The van der Waals surface area contributed by atoms with E-state index >= 15 is 0 Å². The number of benzene rings is 1. The predicted octanol–water partition coefficient (Wildman–Crippen LogP) is 4.82. The number of phenolic OH excluding ortho intramolecular Hbond substituents is 1. The highest BCUT2D eigenvalue weighted by molar-refractivity contribution is 5.93.